The first-order valence-electron chi connectivity index (χ1n) is 4.79. The van der Waals surface area contributed by atoms with Gasteiger partial charge in [-0.1, -0.05) is 6.58 Å². The topological polar surface area (TPSA) is 42.7 Å². The maximum atomic E-state index is 7.16. The molecule has 1 aliphatic heterocycles. The Hall–Kier alpha value is -1.16. The molecular formula is C10H18N4. The van der Waals surface area contributed by atoms with Gasteiger partial charge in [0.1, 0.15) is 5.84 Å². The molecule has 0 radical (unpaired) electrons. The van der Waals surface area contributed by atoms with Gasteiger partial charge in [0.2, 0.25) is 0 Å². The standard InChI is InChI=1S/C10H18N4/c1-9(8-11)10(12-2)14-6-4-13(3)5-7-14/h8,11H,1,4-7H2,2-3H3. The molecular weight excluding hydrogens is 176 g/mol. The Morgan fingerprint density at radius 3 is 2.36 bits per heavy atom. The van der Waals surface area contributed by atoms with E-state index >= 15 is 0 Å². The van der Waals surface area contributed by atoms with E-state index < -0.39 is 0 Å². The zero-order valence-electron chi connectivity index (χ0n) is 8.95. The van der Waals surface area contributed by atoms with Gasteiger partial charge in [-0.15, -0.1) is 0 Å². The molecule has 14 heavy (non-hydrogen) atoms. The van der Waals surface area contributed by atoms with Crippen LogP contribution in [0.2, 0.25) is 0 Å². The van der Waals surface area contributed by atoms with Crippen LogP contribution in [0, 0.1) is 5.41 Å². The third kappa shape index (κ3) is 2.42. The lowest BCUT2D eigenvalue weighted by Gasteiger charge is -2.34. The summed E-state index contributed by atoms with van der Waals surface area (Å²) in [7, 11) is 3.87. The first-order valence-corrected chi connectivity index (χ1v) is 4.79. The van der Waals surface area contributed by atoms with Crippen LogP contribution in [-0.2, 0) is 0 Å². The maximum Gasteiger partial charge on any atom is 0.131 e. The molecule has 0 aromatic heterocycles. The van der Waals surface area contributed by atoms with Gasteiger partial charge in [0.15, 0.2) is 0 Å². The molecule has 1 saturated heterocycles. The number of aliphatic imine (C=N–C) groups is 1. The van der Waals surface area contributed by atoms with Gasteiger partial charge in [0, 0.05) is 45.0 Å². The van der Waals surface area contributed by atoms with Crippen molar-refractivity contribution in [1.29, 1.82) is 5.41 Å². The van der Waals surface area contributed by atoms with E-state index in [2.05, 4.69) is 28.4 Å². The number of piperazine rings is 1. The Morgan fingerprint density at radius 2 is 1.93 bits per heavy atom. The van der Waals surface area contributed by atoms with Crippen molar-refractivity contribution in [3.63, 3.8) is 0 Å². The van der Waals surface area contributed by atoms with Gasteiger partial charge < -0.3 is 15.2 Å². The van der Waals surface area contributed by atoms with Crippen LogP contribution in [0.3, 0.4) is 0 Å². The van der Waals surface area contributed by atoms with Crippen molar-refractivity contribution in [1.82, 2.24) is 9.80 Å². The van der Waals surface area contributed by atoms with E-state index in [-0.39, 0.29) is 0 Å². The van der Waals surface area contributed by atoms with Crippen LogP contribution in [0.25, 0.3) is 0 Å². The molecule has 0 unspecified atom stereocenters. The summed E-state index contributed by atoms with van der Waals surface area (Å²) >= 11 is 0. The SMILES string of the molecule is C=C(C=N)C(=NC)N1CCN(C)CC1. The summed E-state index contributed by atoms with van der Waals surface area (Å²) in [6, 6.07) is 0. The minimum atomic E-state index is 0.692. The fourth-order valence-corrected chi connectivity index (χ4v) is 1.57. The van der Waals surface area contributed by atoms with E-state index in [0.29, 0.717) is 5.57 Å². The van der Waals surface area contributed by atoms with Crippen molar-refractivity contribution in [2.24, 2.45) is 4.99 Å². The maximum absolute atomic E-state index is 7.16. The summed E-state index contributed by atoms with van der Waals surface area (Å²) in [4.78, 5) is 8.66. The zero-order chi connectivity index (χ0) is 10.6. The summed E-state index contributed by atoms with van der Waals surface area (Å²) in [5.41, 5.74) is 0.692. The van der Waals surface area contributed by atoms with Crippen LogP contribution < -0.4 is 0 Å². The van der Waals surface area contributed by atoms with Gasteiger partial charge in [0.05, 0.1) is 0 Å². The summed E-state index contributed by atoms with van der Waals surface area (Å²) in [6.07, 6.45) is 1.26. The predicted octanol–water partition coefficient (Wildman–Crippen LogP) is 0.468. The van der Waals surface area contributed by atoms with Crippen LogP contribution in [0.5, 0.6) is 0 Å². The smallest absolute Gasteiger partial charge is 0.131 e. The second-order valence-corrected chi connectivity index (χ2v) is 3.51. The summed E-state index contributed by atoms with van der Waals surface area (Å²) < 4.78 is 0. The minimum Gasteiger partial charge on any atom is -0.354 e. The van der Waals surface area contributed by atoms with Gasteiger partial charge in [-0.2, -0.15) is 0 Å². The van der Waals surface area contributed by atoms with E-state index in [9.17, 15) is 0 Å². The fraction of sp³-hybridized carbons (Fsp3) is 0.600. The van der Waals surface area contributed by atoms with E-state index in [1.165, 1.54) is 6.21 Å². The number of rotatable bonds is 2. The fourth-order valence-electron chi connectivity index (χ4n) is 1.57. The molecule has 4 nitrogen and oxygen atoms in total. The third-order valence-corrected chi connectivity index (χ3v) is 2.48. The monoisotopic (exact) mass is 194 g/mol. The average Bonchev–Trinajstić information content (AvgIpc) is 2.21. The van der Waals surface area contributed by atoms with Gasteiger partial charge in [-0.05, 0) is 7.05 Å². The van der Waals surface area contributed by atoms with Gasteiger partial charge in [0.25, 0.3) is 0 Å². The highest BCUT2D eigenvalue weighted by atomic mass is 15.3. The van der Waals surface area contributed by atoms with Crippen LogP contribution in [-0.4, -0.2) is 62.1 Å². The molecule has 0 aromatic rings. The van der Waals surface area contributed by atoms with Gasteiger partial charge in [-0.3, -0.25) is 4.99 Å². The molecule has 1 heterocycles. The van der Waals surface area contributed by atoms with E-state index in [1.54, 1.807) is 7.05 Å². The molecule has 0 spiro atoms. The predicted molar refractivity (Wildman–Crippen MR) is 60.4 cm³/mol. The Balaban J connectivity index is 2.63. The first kappa shape index (κ1) is 10.9. The van der Waals surface area contributed by atoms with E-state index in [0.717, 1.165) is 32.0 Å². The number of hydrogen-bond acceptors (Lipinski definition) is 3. The van der Waals surface area contributed by atoms with Crippen LogP contribution in [0.1, 0.15) is 0 Å². The van der Waals surface area contributed by atoms with Crippen molar-refractivity contribution >= 4 is 12.1 Å². The van der Waals surface area contributed by atoms with Crippen molar-refractivity contribution in [3.05, 3.63) is 12.2 Å². The molecule has 1 N–H and O–H groups in total. The zero-order valence-corrected chi connectivity index (χ0v) is 8.95. The highest BCUT2D eigenvalue weighted by Crippen LogP contribution is 2.05. The minimum absolute atomic E-state index is 0.692. The van der Waals surface area contributed by atoms with Crippen LogP contribution in [0.4, 0.5) is 0 Å². The third-order valence-electron chi connectivity index (χ3n) is 2.48. The van der Waals surface area contributed by atoms with Crippen LogP contribution >= 0.6 is 0 Å². The molecule has 78 valence electrons. The molecule has 1 aliphatic rings. The lowest BCUT2D eigenvalue weighted by Crippen LogP contribution is -2.47. The Kier molecular flexibility index (Phi) is 3.83. The lowest BCUT2D eigenvalue weighted by molar-refractivity contribution is 0.216. The number of amidine groups is 1. The number of hydrogen-bond donors (Lipinski definition) is 1. The average molecular weight is 194 g/mol. The van der Waals surface area contributed by atoms with Crippen LogP contribution in [0.15, 0.2) is 17.1 Å². The molecule has 0 aromatic carbocycles. The number of nitrogens with one attached hydrogen (secondary N) is 1. The molecule has 4 heteroatoms. The van der Waals surface area contributed by atoms with Crippen molar-refractivity contribution in [3.8, 4) is 0 Å². The highest BCUT2D eigenvalue weighted by molar-refractivity contribution is 6.13. The van der Waals surface area contributed by atoms with Gasteiger partial charge in [-0.25, -0.2) is 0 Å². The van der Waals surface area contributed by atoms with E-state index in [4.69, 9.17) is 5.41 Å². The van der Waals surface area contributed by atoms with Crippen molar-refractivity contribution in [2.45, 2.75) is 0 Å². The lowest BCUT2D eigenvalue weighted by atomic mass is 10.2. The quantitative estimate of drug-likeness (QED) is 0.513. The first-order chi connectivity index (χ1) is 6.69. The number of nitrogens with zero attached hydrogens (tertiary/aromatic N) is 3. The molecule has 0 aliphatic carbocycles. The van der Waals surface area contributed by atoms with E-state index in [1.807, 2.05) is 0 Å². The molecule has 0 bridgehead atoms. The van der Waals surface area contributed by atoms with Gasteiger partial charge >= 0.3 is 0 Å². The molecule has 0 amide bonds. The summed E-state index contributed by atoms with van der Waals surface area (Å²) in [5.74, 6) is 0.855. The Labute approximate surface area is 85.4 Å². The Bertz CT molecular complexity index is 249. The van der Waals surface area contributed by atoms with Crippen molar-refractivity contribution in [2.75, 3.05) is 40.3 Å². The molecule has 0 atom stereocenters. The highest BCUT2D eigenvalue weighted by Gasteiger charge is 2.17. The molecule has 1 fully saturated rings. The number of likely N-dealkylation sites (N-methyl/N-ethyl adjacent to an activating group) is 1. The summed E-state index contributed by atoms with van der Waals surface area (Å²) in [6.45, 7) is 7.84. The molecule has 1 rings (SSSR count). The largest absolute Gasteiger partial charge is 0.354 e. The second kappa shape index (κ2) is 4.91. The normalized spacial score (nSPS) is 19.6. The van der Waals surface area contributed by atoms with Crippen molar-refractivity contribution < 1.29 is 0 Å². The molecule has 0 saturated carbocycles. The Morgan fingerprint density at radius 1 is 1.36 bits per heavy atom. The second-order valence-electron chi connectivity index (χ2n) is 3.51. The summed E-state index contributed by atoms with van der Waals surface area (Å²) in [5, 5.41) is 7.16.